The fourth-order valence-corrected chi connectivity index (χ4v) is 2.62. The molecule has 4 nitrogen and oxygen atoms in total. The lowest BCUT2D eigenvalue weighted by atomic mass is 10.0. The maximum Gasteiger partial charge on any atom is 0.310 e. The Bertz CT molecular complexity index is 1020. The Hall–Kier alpha value is -3.61. The lowest BCUT2D eigenvalue weighted by Crippen LogP contribution is -2.22. The Morgan fingerprint density at radius 2 is 1.45 bits per heavy atom. The normalized spacial score (nSPS) is 10.4. The summed E-state index contributed by atoms with van der Waals surface area (Å²) >= 11 is 0. The highest BCUT2D eigenvalue weighted by Crippen LogP contribution is 2.20. The van der Waals surface area contributed by atoms with Gasteiger partial charge >= 0.3 is 5.97 Å². The number of ether oxygens (including phenoxy) is 1. The van der Waals surface area contributed by atoms with Crippen LogP contribution in [0.15, 0.2) is 66.7 Å². The van der Waals surface area contributed by atoms with Crippen LogP contribution in [0.25, 0.3) is 11.1 Å². The van der Waals surface area contributed by atoms with Gasteiger partial charge in [0.1, 0.15) is 0 Å². The van der Waals surface area contributed by atoms with E-state index in [0.717, 1.165) is 17.2 Å². The van der Waals surface area contributed by atoms with E-state index in [0.29, 0.717) is 11.6 Å². The lowest BCUT2D eigenvalue weighted by Gasteiger charge is -2.08. The van der Waals surface area contributed by atoms with E-state index in [-0.39, 0.29) is 6.42 Å². The van der Waals surface area contributed by atoms with Gasteiger partial charge in [-0.25, -0.2) is 13.2 Å². The Morgan fingerprint density at radius 3 is 2.14 bits per heavy atom. The van der Waals surface area contributed by atoms with Crippen molar-refractivity contribution in [3.05, 3.63) is 89.7 Å². The molecule has 0 aromatic heterocycles. The Labute approximate surface area is 164 Å². The fourth-order valence-electron chi connectivity index (χ4n) is 2.62. The average molecular weight is 399 g/mol. The van der Waals surface area contributed by atoms with E-state index in [4.69, 9.17) is 4.74 Å². The lowest BCUT2D eigenvalue weighted by molar-refractivity contribution is -0.146. The molecule has 0 aliphatic rings. The molecule has 0 radical (unpaired) electrons. The third-order valence-corrected chi connectivity index (χ3v) is 4.08. The maximum absolute atomic E-state index is 13.5. The van der Waals surface area contributed by atoms with Gasteiger partial charge in [-0.1, -0.05) is 54.6 Å². The molecule has 0 saturated carbocycles. The number of anilines is 1. The van der Waals surface area contributed by atoms with Crippen LogP contribution in [0.3, 0.4) is 0 Å². The SMILES string of the molecule is O=C(COC(=O)Cc1ccc(-c2ccccc2)cc1)Nc1ccc(F)c(F)c1F. The molecule has 1 N–H and O–H groups in total. The summed E-state index contributed by atoms with van der Waals surface area (Å²) in [5.41, 5.74) is 2.20. The smallest absolute Gasteiger partial charge is 0.310 e. The van der Waals surface area contributed by atoms with Gasteiger partial charge in [0.2, 0.25) is 0 Å². The van der Waals surface area contributed by atoms with E-state index in [1.165, 1.54) is 0 Å². The Kier molecular flexibility index (Phi) is 6.29. The maximum atomic E-state index is 13.5. The number of carbonyl (C=O) groups is 2. The molecular formula is C22H16F3NO3. The standard InChI is InChI=1S/C22H16F3NO3/c23-17-10-11-18(22(25)21(17)24)26-19(27)13-29-20(28)12-14-6-8-16(9-7-14)15-4-2-1-3-5-15/h1-11H,12-13H2,(H,26,27). The summed E-state index contributed by atoms with van der Waals surface area (Å²) in [6.07, 6.45) is -0.0537. The zero-order valence-electron chi connectivity index (χ0n) is 15.1. The van der Waals surface area contributed by atoms with E-state index in [2.05, 4.69) is 0 Å². The zero-order valence-corrected chi connectivity index (χ0v) is 15.1. The van der Waals surface area contributed by atoms with Crippen LogP contribution in [0.2, 0.25) is 0 Å². The van der Waals surface area contributed by atoms with Crippen molar-refractivity contribution in [2.45, 2.75) is 6.42 Å². The van der Waals surface area contributed by atoms with Crippen LogP contribution in [-0.2, 0) is 20.7 Å². The van der Waals surface area contributed by atoms with Gasteiger partial charge in [-0.15, -0.1) is 0 Å². The molecule has 3 aromatic rings. The fraction of sp³-hybridized carbons (Fsp3) is 0.0909. The Morgan fingerprint density at radius 1 is 0.793 bits per heavy atom. The molecule has 0 unspecified atom stereocenters. The van der Waals surface area contributed by atoms with Gasteiger partial charge in [-0.05, 0) is 28.8 Å². The van der Waals surface area contributed by atoms with Gasteiger partial charge in [0.05, 0.1) is 12.1 Å². The van der Waals surface area contributed by atoms with Crippen LogP contribution >= 0.6 is 0 Å². The number of rotatable bonds is 6. The van der Waals surface area contributed by atoms with Crippen molar-refractivity contribution in [1.29, 1.82) is 0 Å². The monoisotopic (exact) mass is 399 g/mol. The van der Waals surface area contributed by atoms with Crippen LogP contribution in [0, 0.1) is 17.5 Å². The second-order valence-electron chi connectivity index (χ2n) is 6.17. The summed E-state index contributed by atoms with van der Waals surface area (Å²) in [5.74, 6) is -6.12. The minimum atomic E-state index is -1.70. The van der Waals surface area contributed by atoms with Crippen molar-refractivity contribution in [2.75, 3.05) is 11.9 Å². The first-order valence-corrected chi connectivity index (χ1v) is 8.67. The van der Waals surface area contributed by atoms with Gasteiger partial charge in [0.25, 0.3) is 5.91 Å². The van der Waals surface area contributed by atoms with Gasteiger partial charge in [-0.3, -0.25) is 9.59 Å². The minimum absolute atomic E-state index is 0.0537. The van der Waals surface area contributed by atoms with Gasteiger partial charge < -0.3 is 10.1 Å². The van der Waals surface area contributed by atoms with Crippen LogP contribution in [-0.4, -0.2) is 18.5 Å². The van der Waals surface area contributed by atoms with Gasteiger partial charge in [-0.2, -0.15) is 0 Å². The first kappa shape index (κ1) is 20.1. The molecule has 0 fully saturated rings. The molecule has 0 saturated heterocycles. The molecule has 7 heteroatoms. The summed E-state index contributed by atoms with van der Waals surface area (Å²) in [5, 5.41) is 2.03. The number of esters is 1. The Balaban J connectivity index is 1.51. The molecule has 29 heavy (non-hydrogen) atoms. The van der Waals surface area contributed by atoms with E-state index in [1.54, 1.807) is 12.1 Å². The molecular weight excluding hydrogens is 383 g/mol. The first-order chi connectivity index (χ1) is 13.9. The third-order valence-electron chi connectivity index (χ3n) is 4.08. The van der Waals surface area contributed by atoms with Crippen molar-refractivity contribution in [3.8, 4) is 11.1 Å². The van der Waals surface area contributed by atoms with E-state index in [9.17, 15) is 22.8 Å². The van der Waals surface area contributed by atoms with Gasteiger partial charge in [0.15, 0.2) is 24.1 Å². The molecule has 148 valence electrons. The van der Waals surface area contributed by atoms with Crippen LogP contribution < -0.4 is 5.32 Å². The highest BCUT2D eigenvalue weighted by Gasteiger charge is 2.16. The minimum Gasteiger partial charge on any atom is -0.455 e. The number of hydrogen-bond donors (Lipinski definition) is 1. The number of benzene rings is 3. The molecule has 0 spiro atoms. The summed E-state index contributed by atoms with van der Waals surface area (Å²) in [6, 6.07) is 18.6. The molecule has 3 rings (SSSR count). The largest absolute Gasteiger partial charge is 0.455 e. The predicted molar refractivity (Wildman–Crippen MR) is 101 cm³/mol. The highest BCUT2D eigenvalue weighted by molar-refractivity contribution is 5.93. The zero-order chi connectivity index (χ0) is 20.8. The van der Waals surface area contributed by atoms with Crippen LogP contribution in [0.1, 0.15) is 5.56 Å². The summed E-state index contributed by atoms with van der Waals surface area (Å²) < 4.78 is 44.4. The van der Waals surface area contributed by atoms with Crippen molar-refractivity contribution < 1.29 is 27.5 Å². The number of carbonyl (C=O) groups excluding carboxylic acids is 2. The average Bonchev–Trinajstić information content (AvgIpc) is 2.74. The molecule has 0 bridgehead atoms. The molecule has 0 heterocycles. The van der Waals surface area contributed by atoms with Crippen LogP contribution in [0.5, 0.6) is 0 Å². The van der Waals surface area contributed by atoms with Crippen molar-refractivity contribution in [2.24, 2.45) is 0 Å². The number of halogens is 3. The van der Waals surface area contributed by atoms with E-state index >= 15 is 0 Å². The number of amides is 1. The van der Waals surface area contributed by atoms with Crippen molar-refractivity contribution in [1.82, 2.24) is 0 Å². The summed E-state index contributed by atoms with van der Waals surface area (Å²) in [6.45, 7) is -0.681. The molecule has 3 aromatic carbocycles. The summed E-state index contributed by atoms with van der Waals surface area (Å²) in [7, 11) is 0. The first-order valence-electron chi connectivity index (χ1n) is 8.67. The third kappa shape index (κ3) is 5.22. The second kappa shape index (κ2) is 9.05. The number of hydrogen-bond acceptors (Lipinski definition) is 3. The van der Waals surface area contributed by atoms with Crippen molar-refractivity contribution >= 4 is 17.6 Å². The van der Waals surface area contributed by atoms with Crippen LogP contribution in [0.4, 0.5) is 18.9 Å². The van der Waals surface area contributed by atoms with E-state index < -0.39 is 41.6 Å². The number of nitrogens with one attached hydrogen (secondary N) is 1. The van der Waals surface area contributed by atoms with Gasteiger partial charge in [0, 0.05) is 0 Å². The molecule has 0 aliphatic heterocycles. The molecule has 0 atom stereocenters. The predicted octanol–water partition coefficient (Wildman–Crippen LogP) is 4.50. The highest BCUT2D eigenvalue weighted by atomic mass is 19.2. The molecule has 0 aliphatic carbocycles. The van der Waals surface area contributed by atoms with Crippen molar-refractivity contribution in [3.63, 3.8) is 0 Å². The molecule has 1 amide bonds. The van der Waals surface area contributed by atoms with E-state index in [1.807, 2.05) is 47.8 Å². The quantitative estimate of drug-likeness (QED) is 0.491. The topological polar surface area (TPSA) is 55.4 Å². The second-order valence-corrected chi connectivity index (χ2v) is 6.17. The summed E-state index contributed by atoms with van der Waals surface area (Å²) in [4.78, 5) is 23.7.